The van der Waals surface area contributed by atoms with Crippen molar-refractivity contribution in [2.24, 2.45) is 0 Å². The highest BCUT2D eigenvalue weighted by molar-refractivity contribution is 7.16. The Morgan fingerprint density at radius 1 is 0.306 bits per heavy atom. The van der Waals surface area contributed by atoms with Gasteiger partial charge in [-0.1, -0.05) is 0 Å². The lowest BCUT2D eigenvalue weighted by molar-refractivity contribution is 0.380. The first-order chi connectivity index (χ1) is 16.6. The molecule has 0 aromatic heterocycles. The molecule has 0 amide bonds. The van der Waals surface area contributed by atoms with Crippen LogP contribution >= 0.6 is 0 Å². The summed E-state index contributed by atoms with van der Waals surface area (Å²) in [5.41, 5.74) is -8.87. The van der Waals surface area contributed by atoms with Gasteiger partial charge in [-0.05, 0) is 0 Å². The number of hydrogen-bond donors (Lipinski definition) is 0. The summed E-state index contributed by atoms with van der Waals surface area (Å²) in [6, 6.07) is 0. The fourth-order valence-corrected chi connectivity index (χ4v) is 3.63. The van der Waals surface area contributed by atoms with Gasteiger partial charge in [-0.3, -0.25) is 0 Å². The van der Waals surface area contributed by atoms with E-state index in [1.165, 1.54) is 0 Å². The number of benzene rings is 3. The highest BCUT2D eigenvalue weighted by Crippen LogP contribution is 2.27. The standard InChI is InChI=1S/C19BF15N/c21-5-2(6(22)12(28)17(33)11(5)27)20(1-36,3-7(23)13(29)18(34)14(30)8(3)24)4-9(25)15(31)19(35)16(32)10(4)26/q-1. The van der Waals surface area contributed by atoms with Crippen molar-refractivity contribution in [2.75, 3.05) is 0 Å². The van der Waals surface area contributed by atoms with E-state index in [1.54, 1.807) is 0 Å². The van der Waals surface area contributed by atoms with E-state index in [4.69, 9.17) is 0 Å². The van der Waals surface area contributed by atoms with E-state index in [0.717, 1.165) is 0 Å². The molecule has 0 saturated carbocycles. The monoisotopic (exact) mass is 538 g/mol. The highest BCUT2D eigenvalue weighted by Gasteiger charge is 2.48. The summed E-state index contributed by atoms with van der Waals surface area (Å²) >= 11 is 0. The van der Waals surface area contributed by atoms with Crippen molar-refractivity contribution >= 4 is 22.5 Å². The summed E-state index contributed by atoms with van der Waals surface area (Å²) in [5, 5.41) is 9.60. The van der Waals surface area contributed by atoms with Crippen LogP contribution in [0.1, 0.15) is 0 Å². The molecule has 0 radical (unpaired) electrons. The second-order valence-electron chi connectivity index (χ2n) is 6.95. The zero-order valence-electron chi connectivity index (χ0n) is 16.2. The van der Waals surface area contributed by atoms with Gasteiger partial charge in [0, 0.05) is 0 Å². The fourth-order valence-electron chi connectivity index (χ4n) is 3.63. The van der Waals surface area contributed by atoms with Gasteiger partial charge >= 0.3 is 0 Å². The second-order valence-corrected chi connectivity index (χ2v) is 6.95. The molecule has 0 aliphatic rings. The van der Waals surface area contributed by atoms with Gasteiger partial charge < -0.3 is 0 Å². The summed E-state index contributed by atoms with van der Waals surface area (Å²) in [4.78, 5) is 0. The Labute approximate surface area is 187 Å². The zero-order valence-corrected chi connectivity index (χ0v) is 16.2. The number of halogens is 15. The van der Waals surface area contributed by atoms with Crippen LogP contribution in [-0.4, -0.2) is 6.15 Å². The maximum Gasteiger partial charge on any atom is 0.203 e. The number of nitrogens with zero attached hydrogens (tertiary/aromatic N) is 1. The molecular formula is C19BF15N-. The molecule has 3 aromatic rings. The second kappa shape index (κ2) is 8.68. The first-order valence-electron chi connectivity index (χ1n) is 8.71. The van der Waals surface area contributed by atoms with Crippen LogP contribution in [0.25, 0.3) is 0 Å². The lowest BCUT2D eigenvalue weighted by Gasteiger charge is -2.37. The van der Waals surface area contributed by atoms with Crippen molar-refractivity contribution in [2.45, 2.75) is 0 Å². The van der Waals surface area contributed by atoms with Crippen LogP contribution in [0.5, 0.6) is 0 Å². The van der Waals surface area contributed by atoms with Crippen LogP contribution in [0, 0.1) is 98.5 Å². The SMILES string of the molecule is N#C[B-](c1c(F)c(F)c(F)c(F)c1F)(c1c(F)c(F)c(F)c(F)c1F)c1c(F)c(F)c(F)c(F)c1F. The van der Waals surface area contributed by atoms with Crippen molar-refractivity contribution in [3.8, 4) is 5.97 Å². The molecule has 0 aliphatic carbocycles. The van der Waals surface area contributed by atoms with Crippen LogP contribution in [0.15, 0.2) is 0 Å². The quantitative estimate of drug-likeness (QED) is 0.211. The van der Waals surface area contributed by atoms with E-state index in [-0.39, 0.29) is 5.97 Å². The van der Waals surface area contributed by atoms with Gasteiger partial charge in [0.05, 0.1) is 0 Å². The first-order valence-corrected chi connectivity index (χ1v) is 8.71. The molecule has 0 fully saturated rings. The summed E-state index contributed by atoms with van der Waals surface area (Å²) in [5.74, 6) is -47.2. The average Bonchev–Trinajstić information content (AvgIpc) is 2.85. The van der Waals surface area contributed by atoms with Crippen molar-refractivity contribution < 1.29 is 65.9 Å². The molecule has 36 heavy (non-hydrogen) atoms. The third-order valence-corrected chi connectivity index (χ3v) is 5.22. The molecule has 0 spiro atoms. The normalized spacial score (nSPS) is 11.7. The van der Waals surface area contributed by atoms with Gasteiger partial charge in [0.25, 0.3) is 0 Å². The molecule has 0 saturated heterocycles. The molecule has 0 bridgehead atoms. The fraction of sp³-hybridized carbons (Fsp3) is 0. The lowest BCUT2D eigenvalue weighted by atomic mass is 9.16. The summed E-state index contributed by atoms with van der Waals surface area (Å²) in [7, 11) is 0. The minimum atomic E-state index is -6.09. The Morgan fingerprint density at radius 3 is 0.583 bits per heavy atom. The van der Waals surface area contributed by atoms with Gasteiger partial charge in [-0.25, -0.2) is 71.1 Å². The Balaban J connectivity index is 2.86. The smallest absolute Gasteiger partial charge is 0.203 e. The van der Waals surface area contributed by atoms with Crippen LogP contribution in [-0.2, 0) is 0 Å². The Hall–Kier alpha value is -3.84. The van der Waals surface area contributed by atoms with Crippen molar-refractivity contribution in [1.82, 2.24) is 0 Å². The molecule has 3 aromatic carbocycles. The van der Waals surface area contributed by atoms with Gasteiger partial charge in [0.1, 0.15) is 34.9 Å². The van der Waals surface area contributed by atoms with E-state index in [1.807, 2.05) is 0 Å². The summed E-state index contributed by atoms with van der Waals surface area (Å²) in [6.45, 7) is 0. The molecule has 0 aliphatic heterocycles. The molecule has 0 heterocycles. The maximum atomic E-state index is 14.7. The predicted octanol–water partition coefficient (Wildman–Crippen LogP) is 4.31. The summed E-state index contributed by atoms with van der Waals surface area (Å²) in [6.07, 6.45) is -6.09. The number of hydrogen-bond acceptors (Lipinski definition) is 1. The van der Waals surface area contributed by atoms with E-state index in [9.17, 15) is 71.1 Å². The lowest BCUT2D eigenvalue weighted by Crippen LogP contribution is -2.72. The van der Waals surface area contributed by atoms with Crippen molar-refractivity contribution in [3.05, 3.63) is 87.3 Å². The Bertz CT molecular complexity index is 1260. The van der Waals surface area contributed by atoms with Crippen molar-refractivity contribution in [3.63, 3.8) is 0 Å². The van der Waals surface area contributed by atoms with E-state index in [0.29, 0.717) is 0 Å². The van der Waals surface area contributed by atoms with Gasteiger partial charge in [-0.15, -0.1) is 22.4 Å². The molecule has 17 heteroatoms. The highest BCUT2D eigenvalue weighted by atomic mass is 19.2. The average molecular weight is 538 g/mol. The molecular weight excluding hydrogens is 538 g/mol. The molecule has 0 unspecified atom stereocenters. The summed E-state index contributed by atoms with van der Waals surface area (Å²) < 4.78 is 212. The minimum absolute atomic E-state index is 0.286. The van der Waals surface area contributed by atoms with Crippen LogP contribution in [0.3, 0.4) is 0 Å². The molecule has 190 valence electrons. The largest absolute Gasteiger partial charge is 0.248 e. The first kappa shape index (κ1) is 26.8. The molecule has 0 atom stereocenters. The van der Waals surface area contributed by atoms with E-state index < -0.39 is 110 Å². The molecule has 0 N–H and O–H groups in total. The maximum absolute atomic E-state index is 14.7. The van der Waals surface area contributed by atoms with E-state index >= 15 is 0 Å². The number of nitriles is 1. The van der Waals surface area contributed by atoms with Crippen molar-refractivity contribution in [1.29, 1.82) is 5.26 Å². The van der Waals surface area contributed by atoms with E-state index in [2.05, 4.69) is 0 Å². The topological polar surface area (TPSA) is 23.8 Å². The minimum Gasteiger partial charge on any atom is -0.248 e. The molecule has 1 nitrogen and oxygen atoms in total. The third kappa shape index (κ3) is 3.23. The number of rotatable bonds is 3. The zero-order chi connectivity index (χ0) is 27.6. The van der Waals surface area contributed by atoms with Gasteiger partial charge in [0.2, 0.25) is 6.15 Å². The Kier molecular flexibility index (Phi) is 6.45. The third-order valence-electron chi connectivity index (χ3n) is 5.22. The van der Waals surface area contributed by atoms with Gasteiger partial charge in [0.15, 0.2) is 52.4 Å². The van der Waals surface area contributed by atoms with Crippen LogP contribution in [0.4, 0.5) is 65.9 Å². The van der Waals surface area contributed by atoms with Crippen LogP contribution in [0.2, 0.25) is 0 Å². The Morgan fingerprint density at radius 2 is 0.444 bits per heavy atom. The predicted molar refractivity (Wildman–Crippen MR) is 89.0 cm³/mol. The molecule has 3 rings (SSSR count). The van der Waals surface area contributed by atoms with Crippen LogP contribution < -0.4 is 16.4 Å². The van der Waals surface area contributed by atoms with Gasteiger partial charge in [-0.2, -0.15) is 0 Å².